The van der Waals surface area contributed by atoms with Gasteiger partial charge < -0.3 is 16.0 Å². The summed E-state index contributed by atoms with van der Waals surface area (Å²) in [6.45, 7) is -0.333. The van der Waals surface area contributed by atoms with Crippen LogP contribution in [-0.4, -0.2) is 58.3 Å². The van der Waals surface area contributed by atoms with E-state index >= 15 is 0 Å². The van der Waals surface area contributed by atoms with E-state index in [4.69, 9.17) is 9.97 Å². The molecule has 2 aromatic rings. The van der Waals surface area contributed by atoms with Gasteiger partial charge in [-0.15, -0.1) is 0 Å². The van der Waals surface area contributed by atoms with E-state index in [1.165, 1.54) is 58.4 Å². The molecule has 0 radical (unpaired) electrons. The van der Waals surface area contributed by atoms with E-state index in [9.17, 15) is 14.4 Å². The standard InChI is InChI=1S/C26H35N5O3S2/c1-27-24(32)13-28-25(33)14-29-26(34)17-10-11-18-19(12-17)31-21-16-36-23-9-7-5-3-2-4-6-8-22(23)35-15-20(21)30-18/h10-12,22-23H,2-9,13-16H2,1H3,(H,27,32)(H,28,33)(H,29,34). The highest BCUT2D eigenvalue weighted by Crippen LogP contribution is 2.39. The Morgan fingerprint density at radius 3 is 2.03 bits per heavy atom. The smallest absolute Gasteiger partial charge is 0.251 e. The normalized spacial score (nSPS) is 20.7. The zero-order valence-corrected chi connectivity index (χ0v) is 22.4. The van der Waals surface area contributed by atoms with Crippen LogP contribution < -0.4 is 16.0 Å². The van der Waals surface area contributed by atoms with Gasteiger partial charge in [0.2, 0.25) is 11.8 Å². The molecule has 2 heterocycles. The lowest BCUT2D eigenvalue weighted by Gasteiger charge is -2.29. The lowest BCUT2D eigenvalue weighted by Crippen LogP contribution is -2.41. The molecule has 4 rings (SSSR count). The predicted octanol–water partition coefficient (Wildman–Crippen LogP) is 3.57. The van der Waals surface area contributed by atoms with Crippen molar-refractivity contribution in [3.63, 3.8) is 0 Å². The molecule has 1 aromatic heterocycles. The molecule has 3 N–H and O–H groups in total. The molecular weight excluding hydrogens is 494 g/mol. The zero-order valence-electron chi connectivity index (χ0n) is 20.8. The second-order valence-corrected chi connectivity index (χ2v) is 11.8. The SMILES string of the molecule is CNC(=O)CNC(=O)CNC(=O)c1ccc2nc3c(nc2c1)CSC1CCCCCCCCC1SC3. The molecule has 1 fully saturated rings. The number of nitrogens with zero attached hydrogens (tertiary/aromatic N) is 2. The van der Waals surface area contributed by atoms with Crippen LogP contribution in [0.1, 0.15) is 73.1 Å². The highest BCUT2D eigenvalue weighted by atomic mass is 32.2. The molecule has 1 aliphatic carbocycles. The molecule has 3 amide bonds. The van der Waals surface area contributed by atoms with E-state index < -0.39 is 5.91 Å². The minimum Gasteiger partial charge on any atom is -0.358 e. The van der Waals surface area contributed by atoms with Gasteiger partial charge in [0.05, 0.1) is 35.5 Å². The Kier molecular flexibility index (Phi) is 9.86. The average Bonchev–Trinajstić information content (AvgIpc) is 2.89. The van der Waals surface area contributed by atoms with Gasteiger partial charge in [0.15, 0.2) is 0 Å². The van der Waals surface area contributed by atoms with Crippen LogP contribution in [0.15, 0.2) is 18.2 Å². The number of carbonyl (C=O) groups is 3. The summed E-state index contributed by atoms with van der Waals surface area (Å²) in [7, 11) is 1.49. The van der Waals surface area contributed by atoms with Gasteiger partial charge in [0.1, 0.15) is 0 Å². The third-order valence-electron chi connectivity index (χ3n) is 6.73. The second kappa shape index (κ2) is 13.3. The van der Waals surface area contributed by atoms with Gasteiger partial charge in [-0.1, -0.05) is 38.5 Å². The maximum absolute atomic E-state index is 12.6. The topological polar surface area (TPSA) is 113 Å². The predicted molar refractivity (Wildman–Crippen MR) is 146 cm³/mol. The summed E-state index contributed by atoms with van der Waals surface area (Å²) >= 11 is 4.07. The zero-order chi connectivity index (χ0) is 25.3. The summed E-state index contributed by atoms with van der Waals surface area (Å²) < 4.78 is 0. The van der Waals surface area contributed by atoms with Crippen molar-refractivity contribution in [2.75, 3.05) is 20.1 Å². The Hall–Kier alpha value is -2.33. The van der Waals surface area contributed by atoms with Crippen molar-refractivity contribution in [2.45, 2.75) is 73.4 Å². The molecule has 0 spiro atoms. The first-order valence-electron chi connectivity index (χ1n) is 12.8. The second-order valence-electron chi connectivity index (χ2n) is 9.35. The molecule has 8 nitrogen and oxygen atoms in total. The van der Waals surface area contributed by atoms with Crippen LogP contribution in [0.5, 0.6) is 0 Å². The van der Waals surface area contributed by atoms with Crippen molar-refractivity contribution in [2.24, 2.45) is 0 Å². The molecule has 0 saturated heterocycles. The first kappa shape index (κ1) is 26.7. The first-order valence-corrected chi connectivity index (χ1v) is 14.9. The van der Waals surface area contributed by atoms with Gasteiger partial charge in [0, 0.05) is 34.6 Å². The Balaban J connectivity index is 1.43. The maximum atomic E-state index is 12.6. The molecule has 1 aromatic carbocycles. The van der Waals surface area contributed by atoms with E-state index in [2.05, 4.69) is 16.0 Å². The Morgan fingerprint density at radius 2 is 1.39 bits per heavy atom. The van der Waals surface area contributed by atoms with Crippen LogP contribution in [0.25, 0.3) is 11.0 Å². The van der Waals surface area contributed by atoms with Crippen molar-refractivity contribution in [3.8, 4) is 0 Å². The summed E-state index contributed by atoms with van der Waals surface area (Å²) in [4.78, 5) is 45.6. The van der Waals surface area contributed by atoms with Crippen LogP contribution in [-0.2, 0) is 21.1 Å². The van der Waals surface area contributed by atoms with Gasteiger partial charge in [-0.3, -0.25) is 14.4 Å². The monoisotopic (exact) mass is 529 g/mol. The van der Waals surface area contributed by atoms with Gasteiger partial charge >= 0.3 is 0 Å². The largest absolute Gasteiger partial charge is 0.358 e. The number of amides is 3. The van der Waals surface area contributed by atoms with Crippen LogP contribution in [0.4, 0.5) is 0 Å². The molecular formula is C26H35N5O3S2. The fourth-order valence-corrected chi connectivity index (χ4v) is 7.66. The highest BCUT2D eigenvalue weighted by Gasteiger charge is 2.27. The number of fused-ring (bicyclic) bond motifs is 3. The number of hydrogen-bond acceptors (Lipinski definition) is 7. The Bertz CT molecular complexity index is 1100. The van der Waals surface area contributed by atoms with Crippen molar-refractivity contribution in [3.05, 3.63) is 35.2 Å². The van der Waals surface area contributed by atoms with Crippen molar-refractivity contribution in [1.29, 1.82) is 0 Å². The van der Waals surface area contributed by atoms with E-state index in [1.54, 1.807) is 12.1 Å². The van der Waals surface area contributed by atoms with Gasteiger partial charge in [0.25, 0.3) is 5.91 Å². The van der Waals surface area contributed by atoms with Crippen LogP contribution in [0.2, 0.25) is 0 Å². The summed E-state index contributed by atoms with van der Waals surface area (Å²) in [5.41, 5.74) is 3.97. The maximum Gasteiger partial charge on any atom is 0.251 e. The van der Waals surface area contributed by atoms with E-state index in [1.807, 2.05) is 29.6 Å². The molecule has 1 aliphatic heterocycles. The summed E-state index contributed by atoms with van der Waals surface area (Å²) in [5, 5.41) is 8.82. The number of benzene rings is 1. The minimum atomic E-state index is -0.428. The molecule has 36 heavy (non-hydrogen) atoms. The number of hydrogen-bond donors (Lipinski definition) is 3. The number of aromatic nitrogens is 2. The van der Waals surface area contributed by atoms with Crippen molar-refractivity contribution in [1.82, 2.24) is 25.9 Å². The number of likely N-dealkylation sites (N-methyl/N-ethyl adjacent to an activating group) is 1. The lowest BCUT2D eigenvalue weighted by molar-refractivity contribution is -0.125. The lowest BCUT2D eigenvalue weighted by atomic mass is 10.0. The number of rotatable bonds is 5. The van der Waals surface area contributed by atoms with Crippen LogP contribution >= 0.6 is 23.5 Å². The Labute approximate surface area is 220 Å². The molecule has 2 atom stereocenters. The number of nitrogens with one attached hydrogen (secondary N) is 3. The fourth-order valence-electron chi connectivity index (χ4n) is 4.62. The number of carbonyl (C=O) groups excluding carboxylic acids is 3. The summed E-state index contributed by atoms with van der Waals surface area (Å²) in [6, 6.07) is 5.28. The average molecular weight is 530 g/mol. The third-order valence-corrected chi connectivity index (χ3v) is 9.76. The highest BCUT2D eigenvalue weighted by molar-refractivity contribution is 8.03. The van der Waals surface area contributed by atoms with E-state index in [-0.39, 0.29) is 24.9 Å². The molecule has 1 saturated carbocycles. The van der Waals surface area contributed by atoms with Crippen LogP contribution in [0.3, 0.4) is 0 Å². The molecule has 0 bridgehead atoms. The molecule has 194 valence electrons. The van der Waals surface area contributed by atoms with Crippen molar-refractivity contribution < 1.29 is 14.4 Å². The van der Waals surface area contributed by atoms with E-state index in [0.717, 1.165) is 28.4 Å². The molecule has 10 heteroatoms. The van der Waals surface area contributed by atoms with E-state index in [0.29, 0.717) is 21.6 Å². The quantitative estimate of drug-likeness (QED) is 0.543. The summed E-state index contributed by atoms with van der Waals surface area (Å²) in [6.07, 6.45) is 10.6. The van der Waals surface area contributed by atoms with Gasteiger partial charge in [-0.2, -0.15) is 23.5 Å². The van der Waals surface area contributed by atoms with Crippen LogP contribution in [0, 0.1) is 0 Å². The van der Waals surface area contributed by atoms with Crippen molar-refractivity contribution >= 4 is 52.3 Å². The molecule has 2 unspecified atom stereocenters. The third kappa shape index (κ3) is 7.35. The summed E-state index contributed by atoms with van der Waals surface area (Å²) in [5.74, 6) is 0.636. The fraction of sp³-hybridized carbons (Fsp3) is 0.577. The van der Waals surface area contributed by atoms with Gasteiger partial charge in [-0.05, 0) is 31.0 Å². The molecule has 2 aliphatic rings. The van der Waals surface area contributed by atoms with Gasteiger partial charge in [-0.25, -0.2) is 9.97 Å². The number of thioether (sulfide) groups is 2. The Morgan fingerprint density at radius 1 is 0.806 bits per heavy atom. The minimum absolute atomic E-state index is 0.125. The first-order chi connectivity index (χ1) is 17.5.